The Hall–Kier alpha value is -2.33. The van der Waals surface area contributed by atoms with Crippen molar-refractivity contribution in [3.8, 4) is 0 Å². The third-order valence-corrected chi connectivity index (χ3v) is 9.27. The van der Waals surface area contributed by atoms with Crippen LogP contribution in [0.4, 0.5) is 0 Å². The molecule has 1 aliphatic heterocycles. The number of nitrogens with two attached hydrogens (primary N) is 1. The van der Waals surface area contributed by atoms with E-state index in [-0.39, 0.29) is 44.8 Å². The molecule has 1 rings (SSSR count). The lowest BCUT2D eigenvalue weighted by Crippen LogP contribution is -2.29. The first-order chi connectivity index (χ1) is 25.3. The number of epoxide rings is 1. The van der Waals surface area contributed by atoms with Gasteiger partial charge in [-0.15, -0.1) is 0 Å². The maximum atomic E-state index is 12.6. The lowest BCUT2D eigenvalue weighted by Gasteiger charge is -2.19. The van der Waals surface area contributed by atoms with Gasteiger partial charge < -0.3 is 24.8 Å². The van der Waals surface area contributed by atoms with Gasteiger partial charge in [-0.05, 0) is 77.0 Å². The molecule has 0 bridgehead atoms. The molecule has 4 unspecified atom stereocenters. The molecule has 1 aliphatic rings. The zero-order valence-electron chi connectivity index (χ0n) is 32.2. The van der Waals surface area contributed by atoms with Gasteiger partial charge in [0.1, 0.15) is 6.61 Å². The molecule has 0 amide bonds. The summed E-state index contributed by atoms with van der Waals surface area (Å²) in [6.45, 7) is 3.48. The molecule has 3 N–H and O–H groups in total. The van der Waals surface area contributed by atoms with Crippen molar-refractivity contribution in [2.45, 2.75) is 161 Å². The van der Waals surface area contributed by atoms with E-state index in [2.05, 4.69) is 68.5 Å². The van der Waals surface area contributed by atoms with Crippen molar-refractivity contribution in [2.24, 2.45) is 5.73 Å². The van der Waals surface area contributed by atoms with Crippen LogP contribution >= 0.6 is 7.82 Å². The average Bonchev–Trinajstić information content (AvgIpc) is 3.89. The quantitative estimate of drug-likeness (QED) is 0.0211. The van der Waals surface area contributed by atoms with Crippen LogP contribution in [0, 0.1) is 0 Å². The molecule has 0 aromatic heterocycles. The van der Waals surface area contributed by atoms with Crippen molar-refractivity contribution in [1.29, 1.82) is 0 Å². The summed E-state index contributed by atoms with van der Waals surface area (Å²) >= 11 is 0. The topological polar surface area (TPSA) is 147 Å². The fourth-order valence-electron chi connectivity index (χ4n) is 5.23. The molecule has 1 heterocycles. The highest BCUT2D eigenvalue weighted by Crippen LogP contribution is 2.43. The van der Waals surface area contributed by atoms with Gasteiger partial charge in [0.15, 0.2) is 6.10 Å². The highest BCUT2D eigenvalue weighted by Gasteiger charge is 2.36. The van der Waals surface area contributed by atoms with Crippen LogP contribution in [-0.4, -0.2) is 61.5 Å². The van der Waals surface area contributed by atoms with Gasteiger partial charge >= 0.3 is 19.8 Å². The molecule has 0 aromatic carbocycles. The zero-order valence-corrected chi connectivity index (χ0v) is 33.1. The van der Waals surface area contributed by atoms with Gasteiger partial charge in [-0.25, -0.2) is 4.57 Å². The second-order valence-corrected chi connectivity index (χ2v) is 14.6. The molecule has 52 heavy (non-hydrogen) atoms. The number of phosphoric acid groups is 1. The van der Waals surface area contributed by atoms with Gasteiger partial charge in [-0.2, -0.15) is 0 Å². The number of unbranched alkanes of at least 4 members (excludes halogenated alkanes) is 10. The minimum absolute atomic E-state index is 0.0377. The number of hydrogen-bond acceptors (Lipinski definition) is 9. The van der Waals surface area contributed by atoms with Gasteiger partial charge in [-0.1, -0.05) is 113 Å². The van der Waals surface area contributed by atoms with Crippen molar-refractivity contribution in [3.05, 3.63) is 60.8 Å². The monoisotopic (exact) mass is 751 g/mol. The van der Waals surface area contributed by atoms with Gasteiger partial charge in [-0.3, -0.25) is 18.6 Å². The molecule has 298 valence electrons. The van der Waals surface area contributed by atoms with E-state index in [0.717, 1.165) is 64.2 Å². The van der Waals surface area contributed by atoms with E-state index >= 15 is 0 Å². The van der Waals surface area contributed by atoms with Crippen molar-refractivity contribution >= 4 is 19.8 Å². The van der Waals surface area contributed by atoms with E-state index in [9.17, 15) is 19.0 Å². The van der Waals surface area contributed by atoms with Crippen LogP contribution in [0.3, 0.4) is 0 Å². The summed E-state index contributed by atoms with van der Waals surface area (Å²) in [5.41, 5.74) is 5.33. The molecule has 1 saturated heterocycles. The van der Waals surface area contributed by atoms with E-state index in [1.165, 1.54) is 32.1 Å². The van der Waals surface area contributed by atoms with Crippen molar-refractivity contribution in [3.63, 3.8) is 0 Å². The fourth-order valence-corrected chi connectivity index (χ4v) is 6.00. The van der Waals surface area contributed by atoms with E-state index in [1.807, 2.05) is 6.08 Å². The maximum absolute atomic E-state index is 12.6. The molecule has 11 heteroatoms. The average molecular weight is 752 g/mol. The summed E-state index contributed by atoms with van der Waals surface area (Å²) in [6.07, 6.45) is 40.0. The lowest BCUT2D eigenvalue weighted by molar-refractivity contribution is -0.161. The Morgan fingerprint density at radius 3 is 1.92 bits per heavy atom. The molecular weight excluding hydrogens is 681 g/mol. The summed E-state index contributed by atoms with van der Waals surface area (Å²) in [6, 6.07) is 0. The van der Waals surface area contributed by atoms with Crippen LogP contribution in [0.2, 0.25) is 0 Å². The van der Waals surface area contributed by atoms with Crippen molar-refractivity contribution in [1.82, 2.24) is 0 Å². The first-order valence-corrected chi connectivity index (χ1v) is 21.4. The van der Waals surface area contributed by atoms with Crippen LogP contribution in [-0.2, 0) is 37.4 Å². The highest BCUT2D eigenvalue weighted by atomic mass is 31.2. The van der Waals surface area contributed by atoms with Crippen LogP contribution in [0.15, 0.2) is 60.8 Å². The number of ether oxygens (including phenoxy) is 3. The summed E-state index contributed by atoms with van der Waals surface area (Å²) in [4.78, 5) is 34.8. The first-order valence-electron chi connectivity index (χ1n) is 19.9. The van der Waals surface area contributed by atoms with Gasteiger partial charge in [0, 0.05) is 19.4 Å². The molecule has 1 fully saturated rings. The van der Waals surface area contributed by atoms with Crippen LogP contribution in [0.1, 0.15) is 142 Å². The number of hydrogen-bond donors (Lipinski definition) is 2. The summed E-state index contributed by atoms with van der Waals surface area (Å²) < 4.78 is 38.4. The number of esters is 2. The Morgan fingerprint density at radius 2 is 1.25 bits per heavy atom. The van der Waals surface area contributed by atoms with Gasteiger partial charge in [0.05, 0.1) is 25.4 Å². The predicted molar refractivity (Wildman–Crippen MR) is 210 cm³/mol. The number of allylic oxidation sites excluding steroid dienone is 8. The molecule has 10 nitrogen and oxygen atoms in total. The number of rotatable bonds is 35. The molecule has 0 spiro atoms. The summed E-state index contributed by atoms with van der Waals surface area (Å²) in [5, 5.41) is 0. The van der Waals surface area contributed by atoms with Gasteiger partial charge in [0.2, 0.25) is 0 Å². The van der Waals surface area contributed by atoms with E-state index in [1.54, 1.807) is 0 Å². The Balaban J connectivity index is 2.28. The number of carbonyl (C=O) groups excluding carboxylic acids is 2. The Kier molecular flexibility index (Phi) is 30.5. The van der Waals surface area contributed by atoms with Crippen molar-refractivity contribution < 1.29 is 42.3 Å². The molecule has 0 aliphatic carbocycles. The lowest BCUT2D eigenvalue weighted by atomic mass is 10.1. The van der Waals surface area contributed by atoms with Crippen molar-refractivity contribution in [2.75, 3.05) is 26.4 Å². The predicted octanol–water partition coefficient (Wildman–Crippen LogP) is 9.92. The third kappa shape index (κ3) is 30.2. The Labute approximate surface area is 314 Å². The molecule has 0 aromatic rings. The SMILES string of the molecule is CCC=CCC=CCC=CCC1OC1CC=CCCCC(=O)OC(COC(=O)CCCCCCCC=CCCCCCC)COP(=O)(O)OCCN. The summed E-state index contributed by atoms with van der Waals surface area (Å²) in [7, 11) is -4.40. The van der Waals surface area contributed by atoms with E-state index in [0.29, 0.717) is 19.3 Å². The first kappa shape index (κ1) is 47.7. The Morgan fingerprint density at radius 1 is 0.692 bits per heavy atom. The van der Waals surface area contributed by atoms with Gasteiger partial charge in [0.25, 0.3) is 0 Å². The Bertz CT molecular complexity index is 1100. The molecular formula is C41H70NO9P. The smallest absolute Gasteiger partial charge is 0.462 e. The zero-order chi connectivity index (χ0) is 38.0. The number of carbonyl (C=O) groups is 2. The largest absolute Gasteiger partial charge is 0.472 e. The van der Waals surface area contributed by atoms with E-state index < -0.39 is 32.5 Å². The normalized spacial score (nSPS) is 17.9. The minimum Gasteiger partial charge on any atom is -0.462 e. The second-order valence-electron chi connectivity index (χ2n) is 13.2. The standard InChI is InChI=1S/C41H70NO9P/c1-3-5-7-9-11-13-14-15-16-18-20-22-27-31-40(43)47-35-37(36-49-52(45,46)48-34-33-42)50-41(44)32-28-24-23-26-30-39-38(51-39)29-25-21-19-17-12-10-8-6-4-2/h6,8,12-14,17,21,23,25-26,37-39H,3-5,7,9-11,15-16,18-20,22,24,27-36,42H2,1-2H3,(H,45,46). The highest BCUT2D eigenvalue weighted by molar-refractivity contribution is 7.47. The second kappa shape index (κ2) is 33.3. The van der Waals surface area contributed by atoms with E-state index in [4.69, 9.17) is 29.0 Å². The molecule has 4 atom stereocenters. The number of phosphoric ester groups is 1. The fraction of sp³-hybridized carbons (Fsp3) is 0.707. The molecule has 0 radical (unpaired) electrons. The van der Waals surface area contributed by atoms with Crippen LogP contribution in [0.5, 0.6) is 0 Å². The minimum atomic E-state index is -4.40. The summed E-state index contributed by atoms with van der Waals surface area (Å²) in [5.74, 6) is -0.922. The third-order valence-electron chi connectivity index (χ3n) is 8.29. The van der Waals surface area contributed by atoms with Crippen LogP contribution in [0.25, 0.3) is 0 Å². The van der Waals surface area contributed by atoms with Crippen LogP contribution < -0.4 is 5.73 Å². The molecule has 0 saturated carbocycles. The maximum Gasteiger partial charge on any atom is 0.472 e.